The minimum atomic E-state index is -0.385. The second-order valence-electron chi connectivity index (χ2n) is 7.18. The highest BCUT2D eigenvalue weighted by Gasteiger charge is 2.18. The Morgan fingerprint density at radius 3 is 2.32 bits per heavy atom. The molecule has 0 aliphatic rings. The van der Waals surface area contributed by atoms with E-state index in [0.717, 1.165) is 10.9 Å². The average molecular weight is 334 g/mol. The van der Waals surface area contributed by atoms with Gasteiger partial charge < -0.3 is 10.3 Å². The smallest absolute Gasteiger partial charge is 0.248 e. The normalized spacial score (nSPS) is 12.7. The molecule has 0 aliphatic heterocycles. The molecule has 0 radical (unpaired) electrons. The van der Waals surface area contributed by atoms with Gasteiger partial charge in [-0.2, -0.15) is 0 Å². The van der Waals surface area contributed by atoms with Gasteiger partial charge in [-0.05, 0) is 61.6 Å². The largest absolute Gasteiger partial charge is 0.366 e. The van der Waals surface area contributed by atoms with Gasteiger partial charge in [-0.3, -0.25) is 4.79 Å². The van der Waals surface area contributed by atoms with Gasteiger partial charge in [0.2, 0.25) is 5.91 Å². The van der Waals surface area contributed by atoms with Crippen molar-refractivity contribution in [3.8, 4) is 0 Å². The summed E-state index contributed by atoms with van der Waals surface area (Å²) < 4.78 is 2.36. The third kappa shape index (κ3) is 2.95. The van der Waals surface area contributed by atoms with E-state index in [2.05, 4.69) is 63.5 Å². The van der Waals surface area contributed by atoms with E-state index in [-0.39, 0.29) is 11.9 Å². The van der Waals surface area contributed by atoms with E-state index in [1.807, 2.05) is 18.2 Å². The fraction of sp³-hybridized carbons (Fsp3) is 0.318. The van der Waals surface area contributed by atoms with Gasteiger partial charge in [0.25, 0.3) is 0 Å². The minimum Gasteiger partial charge on any atom is -0.366 e. The van der Waals surface area contributed by atoms with Crippen LogP contribution in [0, 0.1) is 13.8 Å². The molecule has 3 aromatic rings. The number of fused-ring (bicyclic) bond motifs is 1. The zero-order chi connectivity index (χ0) is 18.3. The van der Waals surface area contributed by atoms with Gasteiger partial charge in [0, 0.05) is 22.2 Å². The predicted molar refractivity (Wildman–Crippen MR) is 104 cm³/mol. The van der Waals surface area contributed by atoms with Crippen LogP contribution in [0.15, 0.2) is 42.5 Å². The molecular weight excluding hydrogens is 308 g/mol. The van der Waals surface area contributed by atoms with Gasteiger partial charge >= 0.3 is 0 Å². The molecule has 1 atom stereocenters. The fourth-order valence-corrected chi connectivity index (χ4v) is 3.58. The van der Waals surface area contributed by atoms with Crippen molar-refractivity contribution in [1.29, 1.82) is 0 Å². The Hall–Kier alpha value is -2.55. The number of aromatic nitrogens is 1. The molecule has 0 saturated carbocycles. The Balaban J connectivity index is 2.16. The molecule has 0 aliphatic carbocycles. The van der Waals surface area contributed by atoms with Crippen molar-refractivity contribution in [3.63, 3.8) is 0 Å². The molecule has 3 nitrogen and oxygen atoms in total. The van der Waals surface area contributed by atoms with E-state index < -0.39 is 0 Å². The van der Waals surface area contributed by atoms with Crippen LogP contribution in [0.2, 0.25) is 0 Å². The predicted octanol–water partition coefficient (Wildman–Crippen LogP) is 5.09. The lowest BCUT2D eigenvalue weighted by molar-refractivity contribution is 0.100. The lowest BCUT2D eigenvalue weighted by Crippen LogP contribution is -2.11. The second kappa shape index (κ2) is 6.40. The van der Waals surface area contributed by atoms with Crippen molar-refractivity contribution in [2.45, 2.75) is 46.6 Å². The van der Waals surface area contributed by atoms with Crippen LogP contribution in [0.3, 0.4) is 0 Å². The molecule has 0 saturated heterocycles. The summed E-state index contributed by atoms with van der Waals surface area (Å²) >= 11 is 0. The summed E-state index contributed by atoms with van der Waals surface area (Å²) in [7, 11) is 0. The first-order valence-corrected chi connectivity index (χ1v) is 8.82. The molecular formula is C22H26N2O. The maximum atomic E-state index is 11.5. The van der Waals surface area contributed by atoms with Crippen molar-refractivity contribution in [3.05, 3.63) is 70.4 Å². The van der Waals surface area contributed by atoms with Crippen molar-refractivity contribution in [2.24, 2.45) is 5.73 Å². The molecule has 1 aromatic heterocycles. The van der Waals surface area contributed by atoms with Crippen molar-refractivity contribution in [2.75, 3.05) is 0 Å². The highest BCUT2D eigenvalue weighted by atomic mass is 16.1. The third-order valence-corrected chi connectivity index (χ3v) is 5.30. The number of carbonyl (C=O) groups is 1. The second-order valence-corrected chi connectivity index (χ2v) is 7.18. The maximum absolute atomic E-state index is 11.5. The summed E-state index contributed by atoms with van der Waals surface area (Å²) in [6.45, 7) is 10.9. The number of hydrogen-bond donors (Lipinski definition) is 1. The van der Waals surface area contributed by atoms with E-state index in [9.17, 15) is 4.79 Å². The Kier molecular flexibility index (Phi) is 4.42. The molecule has 1 heterocycles. The number of benzene rings is 2. The van der Waals surface area contributed by atoms with E-state index >= 15 is 0 Å². The molecule has 0 spiro atoms. The van der Waals surface area contributed by atoms with E-state index in [1.54, 1.807) is 0 Å². The van der Waals surface area contributed by atoms with Crippen LogP contribution in [0.25, 0.3) is 10.9 Å². The summed E-state index contributed by atoms with van der Waals surface area (Å²) in [5.74, 6) is 0.124. The third-order valence-electron chi connectivity index (χ3n) is 5.30. The Labute approximate surface area is 149 Å². The lowest BCUT2D eigenvalue weighted by atomic mass is 9.98. The molecule has 0 unspecified atom stereocenters. The number of aryl methyl sites for hydroxylation is 1. The first kappa shape index (κ1) is 17.3. The summed E-state index contributed by atoms with van der Waals surface area (Å²) in [5, 5.41) is 1.10. The number of primary amides is 1. The van der Waals surface area contributed by atoms with E-state index in [1.165, 1.54) is 22.4 Å². The van der Waals surface area contributed by atoms with Gasteiger partial charge in [0.05, 0.1) is 6.04 Å². The molecule has 0 fully saturated rings. The first-order valence-electron chi connectivity index (χ1n) is 8.82. The lowest BCUT2D eigenvalue weighted by Gasteiger charge is -2.20. The Bertz CT molecular complexity index is 950. The monoisotopic (exact) mass is 334 g/mol. The van der Waals surface area contributed by atoms with Crippen molar-refractivity contribution in [1.82, 2.24) is 4.57 Å². The van der Waals surface area contributed by atoms with E-state index in [0.29, 0.717) is 11.5 Å². The van der Waals surface area contributed by atoms with Crippen LogP contribution in [0.1, 0.15) is 65.5 Å². The van der Waals surface area contributed by atoms with Gasteiger partial charge in [0.15, 0.2) is 0 Å². The Morgan fingerprint density at radius 2 is 1.68 bits per heavy atom. The number of carbonyl (C=O) groups excluding carboxylic acids is 1. The molecule has 25 heavy (non-hydrogen) atoms. The summed E-state index contributed by atoms with van der Waals surface area (Å²) in [6.07, 6.45) is 0. The summed E-state index contributed by atoms with van der Waals surface area (Å²) in [4.78, 5) is 11.5. The van der Waals surface area contributed by atoms with Crippen LogP contribution in [0.5, 0.6) is 0 Å². The zero-order valence-corrected chi connectivity index (χ0v) is 15.6. The quantitative estimate of drug-likeness (QED) is 0.710. The SMILES string of the molecule is Cc1c(C)n([C@@H](C)c2cccc(C(C)C)c2)c2ccc(C(N)=O)cc12. The highest BCUT2D eigenvalue weighted by molar-refractivity contribution is 5.98. The van der Waals surface area contributed by atoms with Crippen LogP contribution in [-0.4, -0.2) is 10.5 Å². The van der Waals surface area contributed by atoms with Crippen LogP contribution >= 0.6 is 0 Å². The molecule has 3 heteroatoms. The van der Waals surface area contributed by atoms with Gasteiger partial charge in [-0.15, -0.1) is 0 Å². The van der Waals surface area contributed by atoms with Crippen LogP contribution < -0.4 is 5.73 Å². The summed E-state index contributed by atoms with van der Waals surface area (Å²) in [6, 6.07) is 14.8. The van der Waals surface area contributed by atoms with Gasteiger partial charge in [-0.25, -0.2) is 0 Å². The standard InChI is InChI=1S/C22H26N2O/c1-13(2)17-7-6-8-18(11-17)16(5)24-15(4)14(3)20-12-19(22(23)25)9-10-21(20)24/h6-13,16H,1-5H3,(H2,23,25)/t16-/m0/s1. The zero-order valence-electron chi connectivity index (χ0n) is 15.6. The molecule has 1 amide bonds. The van der Waals surface area contributed by atoms with Crippen LogP contribution in [-0.2, 0) is 0 Å². The number of rotatable bonds is 4. The first-order chi connectivity index (χ1) is 11.8. The van der Waals surface area contributed by atoms with E-state index in [4.69, 9.17) is 5.73 Å². The number of nitrogens with zero attached hydrogens (tertiary/aromatic N) is 1. The van der Waals surface area contributed by atoms with Gasteiger partial charge in [0.1, 0.15) is 0 Å². The van der Waals surface area contributed by atoms with Crippen molar-refractivity contribution < 1.29 is 4.79 Å². The molecule has 3 rings (SSSR count). The molecule has 0 bridgehead atoms. The van der Waals surface area contributed by atoms with Crippen molar-refractivity contribution >= 4 is 16.8 Å². The number of nitrogens with two attached hydrogens (primary N) is 1. The number of hydrogen-bond acceptors (Lipinski definition) is 1. The highest BCUT2D eigenvalue weighted by Crippen LogP contribution is 2.32. The Morgan fingerprint density at radius 1 is 1.00 bits per heavy atom. The van der Waals surface area contributed by atoms with Gasteiger partial charge in [-0.1, -0.05) is 38.1 Å². The molecule has 2 N–H and O–H groups in total. The molecule has 2 aromatic carbocycles. The summed E-state index contributed by atoms with van der Waals surface area (Å²) in [5.41, 5.74) is 12.2. The number of amides is 1. The van der Waals surface area contributed by atoms with Crippen LogP contribution in [0.4, 0.5) is 0 Å². The maximum Gasteiger partial charge on any atom is 0.248 e. The average Bonchev–Trinajstić information content (AvgIpc) is 2.85. The minimum absolute atomic E-state index is 0.217. The topological polar surface area (TPSA) is 48.0 Å². The molecule has 130 valence electrons. The fourth-order valence-electron chi connectivity index (χ4n) is 3.58.